The van der Waals surface area contributed by atoms with Gasteiger partial charge in [0.05, 0.1) is 43.5 Å². The van der Waals surface area contributed by atoms with Crippen molar-refractivity contribution in [3.63, 3.8) is 0 Å². The van der Waals surface area contributed by atoms with E-state index in [9.17, 15) is 33.0 Å². The van der Waals surface area contributed by atoms with Crippen LogP contribution in [0.3, 0.4) is 0 Å². The zero-order valence-electron chi connectivity index (χ0n) is 23.3. The number of aromatic nitrogens is 2. The van der Waals surface area contributed by atoms with Crippen molar-refractivity contribution in [1.29, 1.82) is 0 Å². The molecule has 0 aliphatic carbocycles. The average Bonchev–Trinajstić information content (AvgIpc) is 3.29. The van der Waals surface area contributed by atoms with Crippen LogP contribution in [0, 0.1) is 17.5 Å². The fourth-order valence-electron chi connectivity index (χ4n) is 4.69. The number of hydrogen-bond donors (Lipinski definition) is 3. The molecule has 0 radical (unpaired) electrons. The fourth-order valence-corrected chi connectivity index (χ4v) is 4.69. The Morgan fingerprint density at radius 3 is 2.26 bits per heavy atom. The number of hydrogen-bond acceptors (Lipinski definition) is 6. The van der Waals surface area contributed by atoms with Gasteiger partial charge in [0.2, 0.25) is 0 Å². The quantitative estimate of drug-likeness (QED) is 0.256. The van der Waals surface area contributed by atoms with Gasteiger partial charge in [0, 0.05) is 18.3 Å². The molecular formula is C29H35F3N3NaO6. The first kappa shape index (κ1) is 35.3. The SMILES string of the molecule is COc1ccc(F)c(F)c1CN(C)C(=O)c1nn(-c2ccc(F)cc2)c(CCC(O)CC(O)CC(=O)O)c1C(C)C.[NaH]. The average molecular weight is 602 g/mol. The molecule has 2 aromatic carbocycles. The molecule has 1 aromatic heterocycles. The zero-order chi connectivity index (χ0) is 30.4. The van der Waals surface area contributed by atoms with Gasteiger partial charge < -0.3 is 25.0 Å². The minimum atomic E-state index is -1.24. The van der Waals surface area contributed by atoms with E-state index in [1.807, 2.05) is 13.8 Å². The molecular weight excluding hydrogens is 566 g/mol. The molecule has 2 atom stereocenters. The van der Waals surface area contributed by atoms with Crippen LogP contribution >= 0.6 is 0 Å². The number of nitrogens with zero attached hydrogens (tertiary/aromatic N) is 3. The Morgan fingerprint density at radius 2 is 1.69 bits per heavy atom. The third kappa shape index (κ3) is 8.57. The molecule has 13 heteroatoms. The monoisotopic (exact) mass is 601 g/mol. The van der Waals surface area contributed by atoms with E-state index in [4.69, 9.17) is 9.84 Å². The molecule has 9 nitrogen and oxygen atoms in total. The van der Waals surface area contributed by atoms with Crippen molar-refractivity contribution in [2.45, 2.75) is 64.2 Å². The molecule has 0 aliphatic heterocycles. The van der Waals surface area contributed by atoms with Gasteiger partial charge in [-0.3, -0.25) is 9.59 Å². The van der Waals surface area contributed by atoms with Gasteiger partial charge in [0.1, 0.15) is 11.6 Å². The van der Waals surface area contributed by atoms with Gasteiger partial charge in [-0.2, -0.15) is 5.10 Å². The van der Waals surface area contributed by atoms with Crippen molar-refractivity contribution < 1.29 is 42.8 Å². The Kier molecular flexibility index (Phi) is 13.1. The number of methoxy groups -OCH3 is 1. The summed E-state index contributed by atoms with van der Waals surface area (Å²) in [4.78, 5) is 25.7. The van der Waals surface area contributed by atoms with E-state index in [1.165, 1.54) is 54.1 Å². The number of carbonyl (C=O) groups is 2. The van der Waals surface area contributed by atoms with Crippen LogP contribution in [0.4, 0.5) is 13.2 Å². The van der Waals surface area contributed by atoms with Crippen LogP contribution in [0.25, 0.3) is 5.69 Å². The molecule has 0 saturated carbocycles. The number of rotatable bonds is 13. The normalized spacial score (nSPS) is 12.5. The van der Waals surface area contributed by atoms with Crippen LogP contribution in [0.15, 0.2) is 36.4 Å². The topological polar surface area (TPSA) is 125 Å². The van der Waals surface area contributed by atoms with E-state index in [0.717, 1.165) is 6.07 Å². The van der Waals surface area contributed by atoms with E-state index < -0.39 is 48.0 Å². The summed E-state index contributed by atoms with van der Waals surface area (Å²) in [5, 5.41) is 33.8. The molecule has 3 aromatic rings. The summed E-state index contributed by atoms with van der Waals surface area (Å²) in [6.07, 6.45) is -2.67. The summed E-state index contributed by atoms with van der Waals surface area (Å²) in [6.45, 7) is 3.37. The van der Waals surface area contributed by atoms with Crippen LogP contribution in [0.5, 0.6) is 5.75 Å². The predicted molar refractivity (Wildman–Crippen MR) is 151 cm³/mol. The summed E-state index contributed by atoms with van der Waals surface area (Å²) in [6, 6.07) is 7.63. The van der Waals surface area contributed by atoms with Crippen molar-refractivity contribution in [3.05, 3.63) is 76.4 Å². The second-order valence-corrected chi connectivity index (χ2v) is 10.1. The van der Waals surface area contributed by atoms with E-state index in [-0.39, 0.29) is 78.3 Å². The number of benzene rings is 2. The molecule has 0 aliphatic rings. The third-order valence-electron chi connectivity index (χ3n) is 6.66. The number of aliphatic hydroxyl groups is 2. The van der Waals surface area contributed by atoms with Crippen LogP contribution in [0.2, 0.25) is 0 Å². The number of halogens is 3. The number of amides is 1. The van der Waals surface area contributed by atoms with Crippen molar-refractivity contribution in [3.8, 4) is 11.4 Å². The minimum absolute atomic E-state index is 0. The molecule has 0 fully saturated rings. The number of aliphatic carboxylic acids is 1. The second kappa shape index (κ2) is 15.5. The standard InChI is InChI=1S/C29H34F3N3O6.Na.H/c1-16(2)26-23(11-9-19(36)13-20(37)14-25(38)39)35(18-7-5-17(30)6-8-18)33-28(26)29(40)34(3)15-21-24(41-4)12-10-22(31)27(21)32;;/h5-8,10,12,16,19-20,36-37H,9,11,13-15H2,1-4H3,(H,38,39);;. The van der Waals surface area contributed by atoms with E-state index >= 15 is 0 Å². The Hall–Kier alpha value is -2.90. The molecule has 224 valence electrons. The Balaban J connectivity index is 0.00000616. The van der Waals surface area contributed by atoms with Crippen molar-refractivity contribution >= 4 is 41.4 Å². The van der Waals surface area contributed by atoms with Crippen LogP contribution in [-0.2, 0) is 17.8 Å². The first-order chi connectivity index (χ1) is 19.3. The van der Waals surface area contributed by atoms with E-state index in [0.29, 0.717) is 16.9 Å². The summed E-state index contributed by atoms with van der Waals surface area (Å²) in [5.74, 6) is -4.64. The molecule has 3 rings (SSSR count). The van der Waals surface area contributed by atoms with Gasteiger partial charge in [-0.05, 0) is 61.6 Å². The van der Waals surface area contributed by atoms with E-state index in [1.54, 1.807) is 0 Å². The number of carbonyl (C=O) groups excluding carboxylic acids is 1. The van der Waals surface area contributed by atoms with Crippen LogP contribution in [0.1, 0.15) is 66.3 Å². The number of aliphatic hydroxyl groups excluding tert-OH is 2. The van der Waals surface area contributed by atoms with Gasteiger partial charge in [0.15, 0.2) is 17.3 Å². The molecule has 0 spiro atoms. The summed E-state index contributed by atoms with van der Waals surface area (Å²) < 4.78 is 48.9. The summed E-state index contributed by atoms with van der Waals surface area (Å²) in [5.41, 5.74) is 1.43. The number of ether oxygens (including phenoxy) is 1. The van der Waals surface area contributed by atoms with Crippen molar-refractivity contribution in [2.24, 2.45) is 0 Å². The van der Waals surface area contributed by atoms with Gasteiger partial charge >= 0.3 is 35.5 Å². The van der Waals surface area contributed by atoms with Gasteiger partial charge in [0.25, 0.3) is 5.91 Å². The molecule has 42 heavy (non-hydrogen) atoms. The van der Waals surface area contributed by atoms with Gasteiger partial charge in [-0.25, -0.2) is 17.9 Å². The Bertz CT molecular complexity index is 1380. The first-order valence-electron chi connectivity index (χ1n) is 13.1. The molecule has 0 saturated heterocycles. The van der Waals surface area contributed by atoms with Crippen LogP contribution < -0.4 is 4.74 Å². The summed E-state index contributed by atoms with van der Waals surface area (Å²) >= 11 is 0. The molecule has 3 N–H and O–H groups in total. The van der Waals surface area contributed by atoms with Crippen molar-refractivity contribution in [2.75, 3.05) is 14.2 Å². The Labute approximate surface area is 264 Å². The first-order valence-corrected chi connectivity index (χ1v) is 13.1. The molecule has 1 heterocycles. The third-order valence-corrected chi connectivity index (χ3v) is 6.66. The number of carboxylic acids is 1. The predicted octanol–water partition coefficient (Wildman–Crippen LogP) is 3.56. The maximum absolute atomic E-state index is 14.6. The van der Waals surface area contributed by atoms with Gasteiger partial charge in [-0.1, -0.05) is 13.8 Å². The maximum atomic E-state index is 14.6. The molecule has 1 amide bonds. The summed E-state index contributed by atoms with van der Waals surface area (Å²) in [7, 11) is 2.72. The second-order valence-electron chi connectivity index (χ2n) is 10.1. The fraction of sp³-hybridized carbons (Fsp3) is 0.414. The number of carboxylic acid groups (broad SMARTS) is 1. The molecule has 0 bridgehead atoms. The van der Waals surface area contributed by atoms with Crippen molar-refractivity contribution in [1.82, 2.24) is 14.7 Å². The van der Waals surface area contributed by atoms with Gasteiger partial charge in [-0.15, -0.1) is 0 Å². The van der Waals surface area contributed by atoms with Crippen LogP contribution in [-0.4, -0.2) is 97.8 Å². The molecule has 2 unspecified atom stereocenters. The van der Waals surface area contributed by atoms with E-state index in [2.05, 4.69) is 5.10 Å². The zero-order valence-corrected chi connectivity index (χ0v) is 23.3. The Morgan fingerprint density at radius 1 is 1.05 bits per heavy atom.